The van der Waals surface area contributed by atoms with E-state index in [1.807, 2.05) is 6.92 Å². The molecule has 1 aliphatic heterocycles. The van der Waals surface area contributed by atoms with Gasteiger partial charge in [-0.25, -0.2) is 14.4 Å². The second-order valence-corrected chi connectivity index (χ2v) is 4.22. The third-order valence-corrected chi connectivity index (χ3v) is 3.14. The van der Waals surface area contributed by atoms with Gasteiger partial charge in [0.1, 0.15) is 6.61 Å². The van der Waals surface area contributed by atoms with Crippen LogP contribution in [0.2, 0.25) is 0 Å². The second-order valence-electron chi connectivity index (χ2n) is 4.22. The quantitative estimate of drug-likeness (QED) is 0.242. The van der Waals surface area contributed by atoms with Crippen LogP contribution in [0.3, 0.4) is 0 Å². The summed E-state index contributed by atoms with van der Waals surface area (Å²) in [5, 5.41) is 0. The Kier molecular flexibility index (Phi) is 4.11. The largest absolute Gasteiger partial charge is 0.465 e. The smallest absolute Gasteiger partial charge is 0.345 e. The number of carbonyl (C=O) groups excluding carboxylic acids is 3. The summed E-state index contributed by atoms with van der Waals surface area (Å²) in [6, 6.07) is 0. The predicted molar refractivity (Wildman–Crippen MR) is 60.4 cm³/mol. The lowest BCUT2D eigenvalue weighted by Crippen LogP contribution is -2.27. The Balaban J connectivity index is 3.45. The third kappa shape index (κ3) is 2.23. The molecule has 0 spiro atoms. The summed E-state index contributed by atoms with van der Waals surface area (Å²) in [6.45, 7) is 3.72. The van der Waals surface area contributed by atoms with Crippen molar-refractivity contribution in [2.45, 2.75) is 20.3 Å². The van der Waals surface area contributed by atoms with Gasteiger partial charge in [-0.2, -0.15) is 0 Å². The first-order valence-corrected chi connectivity index (χ1v) is 5.49. The van der Waals surface area contributed by atoms with E-state index < -0.39 is 23.3 Å². The van der Waals surface area contributed by atoms with Gasteiger partial charge in [0, 0.05) is 5.41 Å². The Bertz CT molecular complexity index is 404. The van der Waals surface area contributed by atoms with Crippen LogP contribution in [-0.2, 0) is 28.6 Å². The van der Waals surface area contributed by atoms with Gasteiger partial charge in [-0.1, -0.05) is 13.8 Å². The lowest BCUT2D eigenvalue weighted by molar-refractivity contribution is -0.145. The van der Waals surface area contributed by atoms with Crippen molar-refractivity contribution in [2.24, 2.45) is 5.41 Å². The van der Waals surface area contributed by atoms with Gasteiger partial charge in [-0.3, -0.25) is 0 Å². The summed E-state index contributed by atoms with van der Waals surface area (Å²) in [5.74, 6) is -2.46. The number of ether oxygens (including phenoxy) is 3. The predicted octanol–water partition coefficient (Wildman–Crippen LogP) is 0.602. The zero-order valence-corrected chi connectivity index (χ0v) is 10.9. The van der Waals surface area contributed by atoms with E-state index in [2.05, 4.69) is 9.47 Å². The minimum atomic E-state index is -0.893. The molecule has 1 unspecified atom stereocenters. The van der Waals surface area contributed by atoms with E-state index in [0.29, 0.717) is 6.42 Å². The maximum atomic E-state index is 11.7. The van der Waals surface area contributed by atoms with Crippen molar-refractivity contribution in [3.63, 3.8) is 0 Å². The van der Waals surface area contributed by atoms with E-state index in [1.54, 1.807) is 6.92 Å². The molecule has 0 aromatic rings. The first-order valence-electron chi connectivity index (χ1n) is 5.49. The highest BCUT2D eigenvalue weighted by atomic mass is 16.6. The van der Waals surface area contributed by atoms with Crippen LogP contribution in [0.15, 0.2) is 11.1 Å². The van der Waals surface area contributed by atoms with Gasteiger partial charge in [0.05, 0.1) is 19.8 Å². The van der Waals surface area contributed by atoms with Gasteiger partial charge < -0.3 is 14.2 Å². The number of carbonyl (C=O) groups is 3. The summed E-state index contributed by atoms with van der Waals surface area (Å²) in [5.41, 5.74) is -1.04. The molecule has 0 saturated carbocycles. The maximum absolute atomic E-state index is 11.7. The molecule has 1 saturated heterocycles. The minimum absolute atomic E-state index is 0.0312. The van der Waals surface area contributed by atoms with E-state index >= 15 is 0 Å². The summed E-state index contributed by atoms with van der Waals surface area (Å²) in [4.78, 5) is 35.1. The van der Waals surface area contributed by atoms with Gasteiger partial charge in [0.15, 0.2) is 5.57 Å². The molecule has 0 bridgehead atoms. The fourth-order valence-electron chi connectivity index (χ4n) is 1.79. The van der Waals surface area contributed by atoms with E-state index in [4.69, 9.17) is 4.74 Å². The highest BCUT2D eigenvalue weighted by molar-refractivity contribution is 6.19. The van der Waals surface area contributed by atoms with E-state index in [0.717, 1.165) is 14.2 Å². The van der Waals surface area contributed by atoms with Crippen molar-refractivity contribution in [2.75, 3.05) is 20.8 Å². The molecule has 0 aliphatic carbocycles. The van der Waals surface area contributed by atoms with Crippen molar-refractivity contribution in [3.8, 4) is 0 Å². The first-order chi connectivity index (χ1) is 8.41. The topological polar surface area (TPSA) is 78.9 Å². The molecule has 1 aliphatic rings. The van der Waals surface area contributed by atoms with Crippen LogP contribution >= 0.6 is 0 Å². The molecule has 0 N–H and O–H groups in total. The van der Waals surface area contributed by atoms with Crippen molar-refractivity contribution in [3.05, 3.63) is 11.1 Å². The Morgan fingerprint density at radius 1 is 1.28 bits per heavy atom. The molecular formula is C12H16O6. The molecule has 18 heavy (non-hydrogen) atoms. The summed E-state index contributed by atoms with van der Waals surface area (Å²) < 4.78 is 14.0. The molecule has 1 fully saturated rings. The normalized spacial score (nSPS) is 22.4. The Morgan fingerprint density at radius 2 is 1.78 bits per heavy atom. The molecule has 0 aromatic carbocycles. The number of cyclic esters (lactones) is 1. The van der Waals surface area contributed by atoms with Crippen LogP contribution < -0.4 is 0 Å². The SMILES string of the molecule is CCC1(C)COC(=O)C1=C(C(=O)OC)C(=O)OC. The highest BCUT2D eigenvalue weighted by Gasteiger charge is 2.46. The van der Waals surface area contributed by atoms with Gasteiger partial charge in [0.2, 0.25) is 0 Å². The summed E-state index contributed by atoms with van der Waals surface area (Å²) in [6.07, 6.45) is 0.547. The molecule has 6 nitrogen and oxygen atoms in total. The average molecular weight is 256 g/mol. The fraction of sp³-hybridized carbons (Fsp3) is 0.583. The number of methoxy groups -OCH3 is 2. The Morgan fingerprint density at radius 3 is 2.17 bits per heavy atom. The van der Waals surface area contributed by atoms with Crippen LogP contribution in [0, 0.1) is 5.41 Å². The molecule has 1 rings (SSSR count). The molecule has 0 aromatic heterocycles. The van der Waals surface area contributed by atoms with E-state index in [1.165, 1.54) is 0 Å². The lowest BCUT2D eigenvalue weighted by atomic mass is 9.79. The first kappa shape index (κ1) is 14.2. The van der Waals surface area contributed by atoms with Crippen LogP contribution in [-0.4, -0.2) is 38.7 Å². The van der Waals surface area contributed by atoms with Gasteiger partial charge in [-0.15, -0.1) is 0 Å². The Labute approximate surface area is 105 Å². The second kappa shape index (κ2) is 5.20. The fourth-order valence-corrected chi connectivity index (χ4v) is 1.79. The number of esters is 3. The zero-order chi connectivity index (χ0) is 13.9. The molecule has 0 amide bonds. The van der Waals surface area contributed by atoms with Crippen LogP contribution in [0.5, 0.6) is 0 Å². The monoisotopic (exact) mass is 256 g/mol. The minimum Gasteiger partial charge on any atom is -0.465 e. The lowest BCUT2D eigenvalue weighted by Gasteiger charge is -2.20. The van der Waals surface area contributed by atoms with Crippen molar-refractivity contribution >= 4 is 17.9 Å². The van der Waals surface area contributed by atoms with E-state index in [9.17, 15) is 14.4 Å². The van der Waals surface area contributed by atoms with Gasteiger partial charge in [0.25, 0.3) is 0 Å². The van der Waals surface area contributed by atoms with Crippen molar-refractivity contribution in [1.29, 1.82) is 0 Å². The molecule has 100 valence electrons. The summed E-state index contributed by atoms with van der Waals surface area (Å²) >= 11 is 0. The Hall–Kier alpha value is -1.85. The molecule has 0 radical (unpaired) electrons. The average Bonchev–Trinajstić information content (AvgIpc) is 2.67. The molecule has 1 heterocycles. The van der Waals surface area contributed by atoms with Crippen LogP contribution in [0.4, 0.5) is 0 Å². The number of hydrogen-bond donors (Lipinski definition) is 0. The third-order valence-electron chi connectivity index (χ3n) is 3.14. The maximum Gasteiger partial charge on any atom is 0.345 e. The van der Waals surface area contributed by atoms with Crippen LogP contribution in [0.25, 0.3) is 0 Å². The number of hydrogen-bond acceptors (Lipinski definition) is 6. The zero-order valence-electron chi connectivity index (χ0n) is 10.9. The van der Waals surface area contributed by atoms with Gasteiger partial charge >= 0.3 is 17.9 Å². The standard InChI is InChI=1S/C12H16O6/c1-5-12(2)6-18-11(15)8(12)7(9(13)16-3)10(14)17-4/h5-6H2,1-4H3. The summed E-state index contributed by atoms with van der Waals surface area (Å²) in [7, 11) is 2.27. The molecule has 1 atom stereocenters. The number of rotatable bonds is 3. The molecule has 6 heteroatoms. The molecular weight excluding hydrogens is 240 g/mol. The van der Waals surface area contributed by atoms with Crippen LogP contribution in [0.1, 0.15) is 20.3 Å². The van der Waals surface area contributed by atoms with Gasteiger partial charge in [-0.05, 0) is 6.42 Å². The van der Waals surface area contributed by atoms with E-state index in [-0.39, 0.29) is 17.8 Å². The highest BCUT2D eigenvalue weighted by Crippen LogP contribution is 2.39. The van der Waals surface area contributed by atoms with Crippen molar-refractivity contribution in [1.82, 2.24) is 0 Å². The van der Waals surface area contributed by atoms with Crippen molar-refractivity contribution < 1.29 is 28.6 Å².